The van der Waals surface area contributed by atoms with Crippen LogP contribution in [-0.4, -0.2) is 43.5 Å². The average Bonchev–Trinajstić information content (AvgIpc) is 2.67. The minimum atomic E-state index is -1.08. The second-order valence-electron chi connectivity index (χ2n) is 9.37. The summed E-state index contributed by atoms with van der Waals surface area (Å²) in [6, 6.07) is 5.77. The maximum atomic E-state index is 13.5. The van der Waals surface area contributed by atoms with Crippen LogP contribution in [0.5, 0.6) is 0 Å². The van der Waals surface area contributed by atoms with Crippen LogP contribution in [-0.2, 0) is 16.6 Å². The van der Waals surface area contributed by atoms with Crippen LogP contribution in [0.3, 0.4) is 0 Å². The van der Waals surface area contributed by atoms with Gasteiger partial charge < -0.3 is 14.9 Å². The third kappa shape index (κ3) is 7.61. The van der Waals surface area contributed by atoms with E-state index >= 15 is 0 Å². The Bertz CT molecular complexity index is 1050. The Hall–Kier alpha value is -2.84. The van der Waals surface area contributed by atoms with Gasteiger partial charge in [-0.3, -0.25) is 9.36 Å². The molecule has 1 aromatic carbocycles. The minimum Gasteiger partial charge on any atom is -0.460 e. The number of ether oxygens (including phenoxy) is 1. The van der Waals surface area contributed by atoms with Gasteiger partial charge in [0.1, 0.15) is 11.4 Å². The van der Waals surface area contributed by atoms with Crippen LogP contribution in [0.4, 0.5) is 4.39 Å². The monoisotopic (exact) mass is 460 g/mol. The fraction of sp³-hybridized carbons (Fsp3) is 0.480. The maximum absolute atomic E-state index is 13.5. The lowest BCUT2D eigenvalue weighted by molar-refractivity contribution is -0.157. The highest BCUT2D eigenvalue weighted by molar-refractivity contribution is 5.74. The van der Waals surface area contributed by atoms with Crippen LogP contribution in [0.1, 0.15) is 64.6 Å². The van der Waals surface area contributed by atoms with Gasteiger partial charge in [-0.2, -0.15) is 4.98 Å². The van der Waals surface area contributed by atoms with Crippen molar-refractivity contribution < 1.29 is 24.1 Å². The molecule has 0 aliphatic rings. The van der Waals surface area contributed by atoms with Crippen molar-refractivity contribution in [1.82, 2.24) is 9.55 Å². The number of hydrogen-bond acceptors (Lipinski definition) is 6. The Kier molecular flexibility index (Phi) is 8.69. The van der Waals surface area contributed by atoms with E-state index in [-0.39, 0.29) is 18.8 Å². The molecule has 0 spiro atoms. The van der Waals surface area contributed by atoms with Crippen molar-refractivity contribution >= 4 is 12.0 Å². The number of rotatable bonds is 8. The molecule has 1 heterocycles. The molecule has 0 saturated carbocycles. The van der Waals surface area contributed by atoms with Crippen molar-refractivity contribution in [2.75, 3.05) is 0 Å². The van der Waals surface area contributed by atoms with E-state index in [4.69, 9.17) is 4.74 Å². The molecule has 0 bridgehead atoms. The molecular formula is C25H33FN2O5. The number of carbonyl (C=O) groups is 1. The van der Waals surface area contributed by atoms with E-state index in [1.54, 1.807) is 46.0 Å². The largest absolute Gasteiger partial charge is 0.460 e. The summed E-state index contributed by atoms with van der Waals surface area (Å²) < 4.78 is 20.0. The zero-order valence-corrected chi connectivity index (χ0v) is 20.0. The summed E-state index contributed by atoms with van der Waals surface area (Å²) in [5.41, 5.74) is 1.21. The average molecular weight is 461 g/mol. The molecule has 1 aromatic heterocycles. The predicted molar refractivity (Wildman–Crippen MR) is 125 cm³/mol. The van der Waals surface area contributed by atoms with Crippen molar-refractivity contribution in [3.05, 3.63) is 57.9 Å². The molecule has 0 aliphatic carbocycles. The number of aliphatic hydroxyl groups excluding tert-OH is 2. The number of aromatic nitrogens is 2. The minimum absolute atomic E-state index is 0.0716. The van der Waals surface area contributed by atoms with Gasteiger partial charge in [-0.25, -0.2) is 9.18 Å². The summed E-state index contributed by atoms with van der Waals surface area (Å²) in [6.45, 7) is 9.01. The number of benzene rings is 1. The summed E-state index contributed by atoms with van der Waals surface area (Å²) in [4.78, 5) is 28.5. The Morgan fingerprint density at radius 2 is 1.82 bits per heavy atom. The molecule has 2 rings (SSSR count). The van der Waals surface area contributed by atoms with Gasteiger partial charge in [0.25, 0.3) is 0 Å². The van der Waals surface area contributed by atoms with E-state index in [0.29, 0.717) is 22.5 Å². The number of aliphatic hydroxyl groups is 2. The van der Waals surface area contributed by atoms with Crippen molar-refractivity contribution in [2.24, 2.45) is 7.05 Å². The van der Waals surface area contributed by atoms with E-state index in [1.807, 2.05) is 13.8 Å². The molecule has 2 aromatic rings. The highest BCUT2D eigenvalue weighted by Crippen LogP contribution is 2.29. The van der Waals surface area contributed by atoms with E-state index in [9.17, 15) is 24.2 Å². The standard InChI is InChI=1S/C25H33FN2O5/c1-15(2)22-20(12-11-18(29)13-19(30)14-21(31)33-25(3,4)5)23(28(6)24(32)27-22)16-7-9-17(26)10-8-16/h7-12,15,18-19,29-30H,13-14H2,1-6H3/b12-11+/t18-,19-/m1/s1. The van der Waals surface area contributed by atoms with Gasteiger partial charge in [0.2, 0.25) is 0 Å². The molecule has 0 saturated heterocycles. The smallest absolute Gasteiger partial charge is 0.348 e. The van der Waals surface area contributed by atoms with E-state index < -0.39 is 35.3 Å². The topological polar surface area (TPSA) is 102 Å². The second kappa shape index (κ2) is 10.9. The van der Waals surface area contributed by atoms with Crippen molar-refractivity contribution in [1.29, 1.82) is 0 Å². The highest BCUT2D eigenvalue weighted by atomic mass is 19.1. The third-order valence-electron chi connectivity index (χ3n) is 4.85. The van der Waals surface area contributed by atoms with Crippen molar-refractivity contribution in [3.63, 3.8) is 0 Å². The summed E-state index contributed by atoms with van der Waals surface area (Å²) in [5.74, 6) is -1.03. The van der Waals surface area contributed by atoms with Gasteiger partial charge >= 0.3 is 11.7 Å². The number of esters is 1. The highest BCUT2D eigenvalue weighted by Gasteiger charge is 2.21. The number of carbonyl (C=O) groups excluding carboxylic acids is 1. The lowest BCUT2D eigenvalue weighted by atomic mass is 9.97. The van der Waals surface area contributed by atoms with Gasteiger partial charge in [-0.05, 0) is 56.5 Å². The van der Waals surface area contributed by atoms with Crippen molar-refractivity contribution in [2.45, 2.75) is 71.2 Å². The molecule has 2 N–H and O–H groups in total. The molecule has 0 aliphatic heterocycles. The van der Waals surface area contributed by atoms with Crippen LogP contribution >= 0.6 is 0 Å². The van der Waals surface area contributed by atoms with Crippen LogP contribution in [0.2, 0.25) is 0 Å². The fourth-order valence-corrected chi connectivity index (χ4v) is 3.42. The van der Waals surface area contributed by atoms with Gasteiger partial charge in [0, 0.05) is 19.0 Å². The maximum Gasteiger partial charge on any atom is 0.348 e. The first kappa shape index (κ1) is 26.4. The molecule has 8 heteroatoms. The summed E-state index contributed by atoms with van der Waals surface area (Å²) in [6.07, 6.45) is 0.684. The lowest BCUT2D eigenvalue weighted by Gasteiger charge is -2.21. The quantitative estimate of drug-likeness (QED) is 0.584. The predicted octanol–water partition coefficient (Wildman–Crippen LogP) is 3.57. The van der Waals surface area contributed by atoms with E-state index in [0.717, 1.165) is 0 Å². The summed E-state index contributed by atoms with van der Waals surface area (Å²) in [5, 5.41) is 20.6. The lowest BCUT2D eigenvalue weighted by Crippen LogP contribution is -2.27. The van der Waals surface area contributed by atoms with Gasteiger partial charge in [-0.15, -0.1) is 0 Å². The van der Waals surface area contributed by atoms with Gasteiger partial charge in [0.05, 0.1) is 30.0 Å². The molecule has 180 valence electrons. The zero-order valence-electron chi connectivity index (χ0n) is 20.0. The first-order valence-corrected chi connectivity index (χ1v) is 10.9. The molecule has 7 nitrogen and oxygen atoms in total. The molecule has 0 amide bonds. The Morgan fingerprint density at radius 1 is 1.21 bits per heavy atom. The second-order valence-corrected chi connectivity index (χ2v) is 9.37. The third-order valence-corrected chi connectivity index (χ3v) is 4.85. The number of halogens is 1. The van der Waals surface area contributed by atoms with Crippen LogP contribution in [0, 0.1) is 5.82 Å². The Labute approximate surface area is 193 Å². The van der Waals surface area contributed by atoms with E-state index in [2.05, 4.69) is 4.98 Å². The molecule has 2 atom stereocenters. The Morgan fingerprint density at radius 3 is 2.36 bits per heavy atom. The number of nitrogens with zero attached hydrogens (tertiary/aromatic N) is 2. The zero-order chi connectivity index (χ0) is 24.9. The molecule has 0 unspecified atom stereocenters. The molecular weight excluding hydrogens is 427 g/mol. The fourth-order valence-electron chi connectivity index (χ4n) is 3.42. The first-order valence-electron chi connectivity index (χ1n) is 10.9. The summed E-state index contributed by atoms with van der Waals surface area (Å²) in [7, 11) is 1.58. The molecule has 0 radical (unpaired) electrons. The van der Waals surface area contributed by atoms with Crippen LogP contribution in [0.25, 0.3) is 17.3 Å². The molecule has 33 heavy (non-hydrogen) atoms. The molecule has 0 fully saturated rings. The summed E-state index contributed by atoms with van der Waals surface area (Å²) >= 11 is 0. The number of hydrogen-bond donors (Lipinski definition) is 2. The Balaban J connectivity index is 2.33. The van der Waals surface area contributed by atoms with Gasteiger partial charge in [-0.1, -0.05) is 26.0 Å². The van der Waals surface area contributed by atoms with Crippen LogP contribution < -0.4 is 5.69 Å². The normalized spacial score (nSPS) is 14.0. The van der Waals surface area contributed by atoms with Gasteiger partial charge in [0.15, 0.2) is 0 Å². The van der Waals surface area contributed by atoms with E-state index in [1.165, 1.54) is 22.8 Å². The SMILES string of the molecule is CC(C)c1nc(=O)n(C)c(-c2ccc(F)cc2)c1/C=C/[C@@H](O)C[C@@H](O)CC(=O)OC(C)(C)C. The van der Waals surface area contributed by atoms with Crippen molar-refractivity contribution in [3.8, 4) is 11.3 Å². The first-order chi connectivity index (χ1) is 15.3. The van der Waals surface area contributed by atoms with Crippen LogP contribution in [0.15, 0.2) is 35.1 Å².